The first kappa shape index (κ1) is 15.9. The summed E-state index contributed by atoms with van der Waals surface area (Å²) in [5.74, 6) is 0.908. The molecule has 1 amide bonds. The molecule has 0 saturated carbocycles. The Hall–Kier alpha value is -3.61. The number of rotatable bonds is 6. The van der Waals surface area contributed by atoms with Gasteiger partial charge < -0.3 is 9.30 Å². The largest absolute Gasteiger partial charge is 0.489 e. The Morgan fingerprint density at radius 3 is 2.85 bits per heavy atom. The number of carbonyl (C=O) groups is 1. The van der Waals surface area contributed by atoms with Crippen LogP contribution in [0.1, 0.15) is 5.56 Å². The second-order valence-corrected chi connectivity index (χ2v) is 5.82. The van der Waals surface area contributed by atoms with Crippen LogP contribution in [0.2, 0.25) is 0 Å². The van der Waals surface area contributed by atoms with Crippen molar-refractivity contribution in [2.24, 2.45) is 0 Å². The lowest BCUT2D eigenvalue weighted by atomic mass is 10.2. The molecule has 0 aliphatic rings. The highest BCUT2D eigenvalue weighted by atomic mass is 16.5. The highest BCUT2D eigenvalue weighted by molar-refractivity contribution is 5.90. The van der Waals surface area contributed by atoms with E-state index in [0.717, 1.165) is 22.2 Å². The van der Waals surface area contributed by atoms with Crippen molar-refractivity contribution in [1.82, 2.24) is 19.7 Å². The number of aromatic amines is 1. The molecule has 2 N–H and O–H groups in total. The molecule has 2 aromatic heterocycles. The third-order valence-corrected chi connectivity index (χ3v) is 3.98. The van der Waals surface area contributed by atoms with E-state index in [0.29, 0.717) is 12.6 Å². The van der Waals surface area contributed by atoms with E-state index in [1.807, 2.05) is 65.4 Å². The predicted octanol–water partition coefficient (Wildman–Crippen LogP) is 2.98. The van der Waals surface area contributed by atoms with Crippen LogP contribution in [-0.4, -0.2) is 25.7 Å². The molecule has 0 bridgehead atoms. The maximum atomic E-state index is 12.2. The van der Waals surface area contributed by atoms with Gasteiger partial charge in [-0.1, -0.05) is 30.3 Å². The lowest BCUT2D eigenvalue weighted by Crippen LogP contribution is -2.19. The van der Waals surface area contributed by atoms with Crippen molar-refractivity contribution in [1.29, 1.82) is 0 Å². The second kappa shape index (κ2) is 7.10. The van der Waals surface area contributed by atoms with Crippen molar-refractivity contribution in [2.45, 2.75) is 13.2 Å². The smallest absolute Gasteiger partial charge is 0.246 e. The van der Waals surface area contributed by atoms with Crippen molar-refractivity contribution in [3.05, 3.63) is 72.7 Å². The molecule has 0 saturated heterocycles. The lowest BCUT2D eigenvalue weighted by Gasteiger charge is -2.09. The number of nitrogens with zero attached hydrogens (tertiary/aromatic N) is 3. The van der Waals surface area contributed by atoms with Crippen LogP contribution in [0, 0.1) is 0 Å². The number of ether oxygens (including phenoxy) is 1. The monoisotopic (exact) mass is 347 g/mol. The maximum Gasteiger partial charge on any atom is 0.246 e. The summed E-state index contributed by atoms with van der Waals surface area (Å²) < 4.78 is 7.75. The van der Waals surface area contributed by atoms with E-state index in [2.05, 4.69) is 20.5 Å². The molecule has 2 aromatic carbocycles. The van der Waals surface area contributed by atoms with Crippen molar-refractivity contribution in [3.63, 3.8) is 0 Å². The molecule has 7 heteroatoms. The molecule has 130 valence electrons. The van der Waals surface area contributed by atoms with E-state index in [1.165, 1.54) is 6.33 Å². The molecule has 4 aromatic rings. The van der Waals surface area contributed by atoms with Gasteiger partial charge in [0.2, 0.25) is 11.9 Å². The van der Waals surface area contributed by atoms with Gasteiger partial charge >= 0.3 is 0 Å². The second-order valence-electron chi connectivity index (χ2n) is 5.82. The molecular weight excluding hydrogens is 330 g/mol. The number of nitrogens with one attached hydrogen (secondary N) is 2. The van der Waals surface area contributed by atoms with E-state index in [9.17, 15) is 4.79 Å². The van der Waals surface area contributed by atoms with Crippen molar-refractivity contribution >= 4 is 22.8 Å². The zero-order valence-corrected chi connectivity index (χ0v) is 13.9. The molecule has 2 heterocycles. The highest BCUT2D eigenvalue weighted by Gasteiger charge is 2.09. The van der Waals surface area contributed by atoms with Crippen LogP contribution >= 0.6 is 0 Å². The minimum absolute atomic E-state index is 0.173. The van der Waals surface area contributed by atoms with Crippen LogP contribution in [0.5, 0.6) is 5.75 Å². The topological polar surface area (TPSA) is 84.8 Å². The first-order valence-electron chi connectivity index (χ1n) is 8.19. The minimum atomic E-state index is -0.185. The number of carbonyl (C=O) groups excluding carboxylic acids is 1. The van der Waals surface area contributed by atoms with Gasteiger partial charge in [-0.15, -0.1) is 0 Å². The van der Waals surface area contributed by atoms with Crippen LogP contribution in [0.3, 0.4) is 0 Å². The predicted molar refractivity (Wildman–Crippen MR) is 97.7 cm³/mol. The number of anilines is 1. The third kappa shape index (κ3) is 3.56. The molecule has 0 aliphatic carbocycles. The molecule has 7 nitrogen and oxygen atoms in total. The molecule has 0 fully saturated rings. The van der Waals surface area contributed by atoms with Crippen molar-refractivity contribution in [2.75, 3.05) is 5.32 Å². The number of amides is 1. The van der Waals surface area contributed by atoms with E-state index in [4.69, 9.17) is 4.74 Å². The van der Waals surface area contributed by atoms with E-state index >= 15 is 0 Å². The van der Waals surface area contributed by atoms with Gasteiger partial charge in [-0.3, -0.25) is 10.1 Å². The zero-order chi connectivity index (χ0) is 17.8. The summed E-state index contributed by atoms with van der Waals surface area (Å²) in [6.07, 6.45) is 3.22. The zero-order valence-electron chi connectivity index (χ0n) is 13.9. The number of hydrogen-bond acceptors (Lipinski definition) is 4. The van der Waals surface area contributed by atoms with Crippen molar-refractivity contribution < 1.29 is 9.53 Å². The van der Waals surface area contributed by atoms with Gasteiger partial charge in [0.1, 0.15) is 25.2 Å². The van der Waals surface area contributed by atoms with Gasteiger partial charge in [-0.2, -0.15) is 10.1 Å². The summed E-state index contributed by atoms with van der Waals surface area (Å²) in [6, 6.07) is 17.8. The molecule has 0 unspecified atom stereocenters. The van der Waals surface area contributed by atoms with E-state index < -0.39 is 0 Å². The summed E-state index contributed by atoms with van der Waals surface area (Å²) in [5.41, 5.74) is 2.04. The normalized spacial score (nSPS) is 10.8. The molecule has 0 aliphatic heterocycles. The third-order valence-electron chi connectivity index (χ3n) is 3.98. The SMILES string of the molecule is O=C(Cn1ccc2ccc(OCc3ccccc3)cc21)Nc1ncn[nH]1. The minimum Gasteiger partial charge on any atom is -0.489 e. The van der Waals surface area contributed by atoms with Crippen molar-refractivity contribution in [3.8, 4) is 5.75 Å². The number of fused-ring (bicyclic) bond motifs is 1. The van der Waals surface area contributed by atoms with Crippen LogP contribution in [0.15, 0.2) is 67.1 Å². The number of hydrogen-bond donors (Lipinski definition) is 2. The van der Waals surface area contributed by atoms with E-state index in [1.54, 1.807) is 0 Å². The number of benzene rings is 2. The van der Waals surface area contributed by atoms with Gasteiger partial charge in [0.25, 0.3) is 0 Å². The Balaban J connectivity index is 1.48. The van der Waals surface area contributed by atoms with Crippen LogP contribution in [-0.2, 0) is 17.9 Å². The maximum absolute atomic E-state index is 12.2. The molecule has 26 heavy (non-hydrogen) atoms. The van der Waals surface area contributed by atoms with Gasteiger partial charge in [0, 0.05) is 12.3 Å². The molecular formula is C19H17N5O2. The summed E-state index contributed by atoms with van der Waals surface area (Å²) in [4.78, 5) is 16.1. The Morgan fingerprint density at radius 1 is 1.15 bits per heavy atom. The fraction of sp³-hybridized carbons (Fsp3) is 0.105. The fourth-order valence-electron chi connectivity index (χ4n) is 2.72. The van der Waals surface area contributed by atoms with Gasteiger partial charge in [0.15, 0.2) is 0 Å². The van der Waals surface area contributed by atoms with Crippen LogP contribution in [0.4, 0.5) is 5.95 Å². The molecule has 0 radical (unpaired) electrons. The van der Waals surface area contributed by atoms with E-state index in [-0.39, 0.29) is 12.5 Å². The average Bonchev–Trinajstić information content (AvgIpc) is 3.31. The van der Waals surface area contributed by atoms with Crippen LogP contribution < -0.4 is 10.1 Å². The highest BCUT2D eigenvalue weighted by Crippen LogP contribution is 2.23. The Bertz CT molecular complexity index is 1010. The van der Waals surface area contributed by atoms with Gasteiger partial charge in [-0.25, -0.2) is 5.10 Å². The first-order valence-corrected chi connectivity index (χ1v) is 8.19. The lowest BCUT2D eigenvalue weighted by molar-refractivity contribution is -0.116. The Labute approximate surface area is 149 Å². The summed E-state index contributed by atoms with van der Waals surface area (Å²) in [7, 11) is 0. The fourth-order valence-corrected chi connectivity index (χ4v) is 2.72. The number of aromatic nitrogens is 4. The van der Waals surface area contributed by atoms with Gasteiger partial charge in [-0.05, 0) is 29.1 Å². The Morgan fingerprint density at radius 2 is 2.04 bits per heavy atom. The average molecular weight is 347 g/mol. The first-order chi connectivity index (χ1) is 12.8. The number of H-pyrrole nitrogens is 1. The summed E-state index contributed by atoms with van der Waals surface area (Å²) in [6.45, 7) is 0.672. The standard InChI is InChI=1S/C19H17N5O2/c25-18(22-19-20-13-21-23-19)11-24-9-8-15-6-7-16(10-17(15)24)26-12-14-4-2-1-3-5-14/h1-10,13H,11-12H2,(H2,20,21,22,23,25). The molecule has 4 rings (SSSR count). The van der Waals surface area contributed by atoms with Gasteiger partial charge in [0.05, 0.1) is 5.52 Å². The summed E-state index contributed by atoms with van der Waals surface area (Å²) >= 11 is 0. The quantitative estimate of drug-likeness (QED) is 0.561. The summed E-state index contributed by atoms with van der Waals surface area (Å²) in [5, 5.41) is 10.0. The van der Waals surface area contributed by atoms with Crippen LogP contribution in [0.25, 0.3) is 10.9 Å². The molecule has 0 atom stereocenters. The Kier molecular flexibility index (Phi) is 4.34. The molecule has 0 spiro atoms.